The van der Waals surface area contributed by atoms with Crippen LogP contribution < -0.4 is 11.1 Å². The predicted octanol–water partition coefficient (Wildman–Crippen LogP) is 1.73. The molecule has 0 aromatic carbocycles. The van der Waals surface area contributed by atoms with E-state index in [1.807, 2.05) is 19.1 Å². The minimum atomic E-state index is -0.257. The highest BCUT2D eigenvalue weighted by molar-refractivity contribution is 5.77. The van der Waals surface area contributed by atoms with E-state index in [1.165, 1.54) is 0 Å². The van der Waals surface area contributed by atoms with Crippen LogP contribution in [-0.2, 0) is 4.79 Å². The molecule has 1 amide bonds. The summed E-state index contributed by atoms with van der Waals surface area (Å²) in [6, 6.07) is 3.58. The number of hydrogen-bond donors (Lipinski definition) is 2. The maximum atomic E-state index is 11.7. The highest BCUT2D eigenvalue weighted by Crippen LogP contribution is 2.32. The SMILES string of the molecule is C[C@@H](NC(=O)CC1(N)CCC1)c1ccco1. The Bertz CT molecular complexity index is 355. The van der Waals surface area contributed by atoms with E-state index >= 15 is 0 Å². The van der Waals surface area contributed by atoms with E-state index in [2.05, 4.69) is 5.32 Å². The lowest BCUT2D eigenvalue weighted by molar-refractivity contribution is -0.123. The van der Waals surface area contributed by atoms with Crippen LogP contribution in [0.1, 0.15) is 44.4 Å². The third-order valence-corrected chi connectivity index (χ3v) is 3.21. The lowest BCUT2D eigenvalue weighted by atomic mass is 9.75. The molecule has 2 rings (SSSR count). The summed E-state index contributed by atoms with van der Waals surface area (Å²) in [7, 11) is 0. The topological polar surface area (TPSA) is 68.3 Å². The fourth-order valence-electron chi connectivity index (χ4n) is 2.03. The van der Waals surface area contributed by atoms with Gasteiger partial charge in [-0.05, 0) is 38.3 Å². The molecule has 1 saturated carbocycles. The fraction of sp³-hybridized carbons (Fsp3) is 0.583. The summed E-state index contributed by atoms with van der Waals surface area (Å²) in [5, 5.41) is 2.89. The van der Waals surface area contributed by atoms with E-state index in [4.69, 9.17) is 10.2 Å². The van der Waals surface area contributed by atoms with Gasteiger partial charge in [0.25, 0.3) is 0 Å². The van der Waals surface area contributed by atoms with Crippen LogP contribution in [0.3, 0.4) is 0 Å². The molecule has 1 aliphatic rings. The van der Waals surface area contributed by atoms with E-state index in [0.717, 1.165) is 25.0 Å². The van der Waals surface area contributed by atoms with E-state index in [-0.39, 0.29) is 17.5 Å². The van der Waals surface area contributed by atoms with Gasteiger partial charge in [-0.2, -0.15) is 0 Å². The minimum absolute atomic E-state index is 0.00565. The Morgan fingerprint density at radius 2 is 2.44 bits per heavy atom. The number of furan rings is 1. The Balaban J connectivity index is 1.83. The molecule has 0 saturated heterocycles. The summed E-state index contributed by atoms with van der Waals surface area (Å²) in [6.45, 7) is 1.90. The lowest BCUT2D eigenvalue weighted by Crippen LogP contribution is -2.50. The van der Waals surface area contributed by atoms with Crippen molar-refractivity contribution in [2.24, 2.45) is 5.73 Å². The zero-order valence-electron chi connectivity index (χ0n) is 9.53. The van der Waals surface area contributed by atoms with E-state index < -0.39 is 0 Å². The Hall–Kier alpha value is -1.29. The van der Waals surface area contributed by atoms with Crippen LogP contribution in [0, 0.1) is 0 Å². The van der Waals surface area contributed by atoms with Crippen LogP contribution in [0.4, 0.5) is 0 Å². The van der Waals surface area contributed by atoms with Crippen molar-refractivity contribution in [2.75, 3.05) is 0 Å². The van der Waals surface area contributed by atoms with Crippen molar-refractivity contribution in [1.82, 2.24) is 5.32 Å². The van der Waals surface area contributed by atoms with Crippen molar-refractivity contribution in [2.45, 2.75) is 44.2 Å². The van der Waals surface area contributed by atoms with Crippen molar-refractivity contribution >= 4 is 5.91 Å². The maximum Gasteiger partial charge on any atom is 0.222 e. The normalized spacial score (nSPS) is 19.9. The smallest absolute Gasteiger partial charge is 0.222 e. The number of hydrogen-bond acceptors (Lipinski definition) is 3. The van der Waals surface area contributed by atoms with Gasteiger partial charge in [0, 0.05) is 12.0 Å². The number of rotatable bonds is 4. The molecular formula is C12H18N2O2. The van der Waals surface area contributed by atoms with Crippen molar-refractivity contribution in [3.05, 3.63) is 24.2 Å². The molecule has 1 aromatic heterocycles. The molecule has 0 unspecified atom stereocenters. The number of nitrogens with one attached hydrogen (secondary N) is 1. The third-order valence-electron chi connectivity index (χ3n) is 3.21. The Morgan fingerprint density at radius 1 is 1.69 bits per heavy atom. The summed E-state index contributed by atoms with van der Waals surface area (Å²) in [5.74, 6) is 0.777. The monoisotopic (exact) mass is 222 g/mol. The molecule has 1 fully saturated rings. The fourth-order valence-corrected chi connectivity index (χ4v) is 2.03. The maximum absolute atomic E-state index is 11.7. The molecule has 3 N–H and O–H groups in total. The quantitative estimate of drug-likeness (QED) is 0.815. The summed E-state index contributed by atoms with van der Waals surface area (Å²) >= 11 is 0. The highest BCUT2D eigenvalue weighted by Gasteiger charge is 2.34. The molecule has 1 atom stereocenters. The van der Waals surface area contributed by atoms with Crippen molar-refractivity contribution in [1.29, 1.82) is 0 Å². The van der Waals surface area contributed by atoms with Crippen LogP contribution in [-0.4, -0.2) is 11.4 Å². The van der Waals surface area contributed by atoms with Crippen LogP contribution in [0.5, 0.6) is 0 Å². The predicted molar refractivity (Wildman–Crippen MR) is 60.7 cm³/mol. The van der Waals surface area contributed by atoms with E-state index in [9.17, 15) is 4.79 Å². The summed E-state index contributed by atoms with van der Waals surface area (Å²) in [4.78, 5) is 11.7. The zero-order chi connectivity index (χ0) is 11.6. The second kappa shape index (κ2) is 4.29. The number of amides is 1. The van der Waals surface area contributed by atoms with E-state index in [1.54, 1.807) is 6.26 Å². The van der Waals surface area contributed by atoms with Gasteiger partial charge < -0.3 is 15.5 Å². The number of carbonyl (C=O) groups is 1. The molecule has 0 aliphatic heterocycles. The molecule has 1 aliphatic carbocycles. The molecule has 1 heterocycles. The first-order valence-corrected chi connectivity index (χ1v) is 5.71. The van der Waals surface area contributed by atoms with E-state index in [0.29, 0.717) is 6.42 Å². The molecule has 4 nitrogen and oxygen atoms in total. The Labute approximate surface area is 95.2 Å². The van der Waals surface area contributed by atoms with Gasteiger partial charge in [0.2, 0.25) is 5.91 Å². The number of nitrogens with two attached hydrogens (primary N) is 1. The van der Waals surface area contributed by atoms with Gasteiger partial charge in [0.1, 0.15) is 5.76 Å². The molecule has 88 valence electrons. The number of carbonyl (C=O) groups excluding carboxylic acids is 1. The summed E-state index contributed by atoms with van der Waals surface area (Å²) in [6.07, 6.45) is 5.06. The van der Waals surface area contributed by atoms with Crippen LogP contribution >= 0.6 is 0 Å². The van der Waals surface area contributed by atoms with Crippen LogP contribution in [0.2, 0.25) is 0 Å². The minimum Gasteiger partial charge on any atom is -0.467 e. The lowest BCUT2D eigenvalue weighted by Gasteiger charge is -2.37. The summed E-state index contributed by atoms with van der Waals surface area (Å²) in [5.41, 5.74) is 5.76. The third kappa shape index (κ3) is 2.44. The first kappa shape index (κ1) is 11.2. The molecule has 0 bridgehead atoms. The first-order valence-electron chi connectivity index (χ1n) is 5.71. The Morgan fingerprint density at radius 3 is 2.94 bits per heavy atom. The summed E-state index contributed by atoms with van der Waals surface area (Å²) < 4.78 is 5.22. The first-order chi connectivity index (χ1) is 7.59. The molecule has 0 spiro atoms. The second-order valence-corrected chi connectivity index (χ2v) is 4.70. The van der Waals surface area contributed by atoms with Gasteiger partial charge in [-0.3, -0.25) is 4.79 Å². The molecule has 0 radical (unpaired) electrons. The van der Waals surface area contributed by atoms with Gasteiger partial charge in [0.15, 0.2) is 0 Å². The van der Waals surface area contributed by atoms with Crippen LogP contribution in [0.15, 0.2) is 22.8 Å². The van der Waals surface area contributed by atoms with Crippen molar-refractivity contribution in [3.63, 3.8) is 0 Å². The van der Waals surface area contributed by atoms with Crippen LogP contribution in [0.25, 0.3) is 0 Å². The van der Waals surface area contributed by atoms with Gasteiger partial charge in [-0.25, -0.2) is 0 Å². The standard InChI is InChI=1S/C12H18N2O2/c1-9(10-4-2-7-16-10)14-11(15)8-12(13)5-3-6-12/h2,4,7,9H,3,5-6,8,13H2,1H3,(H,14,15)/t9-/m1/s1. The molecule has 16 heavy (non-hydrogen) atoms. The highest BCUT2D eigenvalue weighted by atomic mass is 16.3. The van der Waals surface area contributed by atoms with Gasteiger partial charge in [-0.1, -0.05) is 0 Å². The molecular weight excluding hydrogens is 204 g/mol. The average molecular weight is 222 g/mol. The zero-order valence-corrected chi connectivity index (χ0v) is 9.53. The largest absolute Gasteiger partial charge is 0.467 e. The molecule has 1 aromatic rings. The second-order valence-electron chi connectivity index (χ2n) is 4.70. The van der Waals surface area contributed by atoms with Crippen molar-refractivity contribution in [3.8, 4) is 0 Å². The van der Waals surface area contributed by atoms with Gasteiger partial charge in [0.05, 0.1) is 12.3 Å². The average Bonchev–Trinajstić information content (AvgIpc) is 2.67. The van der Waals surface area contributed by atoms with Crippen molar-refractivity contribution < 1.29 is 9.21 Å². The Kier molecular flexibility index (Phi) is 3.01. The molecule has 4 heteroatoms. The van der Waals surface area contributed by atoms with Gasteiger partial charge >= 0.3 is 0 Å². The van der Waals surface area contributed by atoms with Gasteiger partial charge in [-0.15, -0.1) is 0 Å².